The topological polar surface area (TPSA) is 106 Å². The summed E-state index contributed by atoms with van der Waals surface area (Å²) >= 11 is 0. The molecule has 0 saturated carbocycles. The summed E-state index contributed by atoms with van der Waals surface area (Å²) < 4.78 is 11.0. The molecule has 0 radical (unpaired) electrons. The molecule has 2 aromatic heterocycles. The van der Waals surface area contributed by atoms with Gasteiger partial charge in [-0.05, 0) is 6.54 Å². The van der Waals surface area contributed by atoms with Gasteiger partial charge in [0.1, 0.15) is 6.10 Å². The summed E-state index contributed by atoms with van der Waals surface area (Å²) in [6, 6.07) is -0.349. The quantitative estimate of drug-likeness (QED) is 0.823. The van der Waals surface area contributed by atoms with Gasteiger partial charge in [-0.25, -0.2) is 4.98 Å². The average Bonchev–Trinajstić information content (AvgIpc) is 3.18. The first-order valence-electron chi connectivity index (χ1n) is 7.16. The summed E-state index contributed by atoms with van der Waals surface area (Å²) in [5, 5.41) is 4.02. The Kier molecular flexibility index (Phi) is 4.28. The number of morpholine rings is 1. The summed E-state index contributed by atoms with van der Waals surface area (Å²) in [4.78, 5) is 13.7. The van der Waals surface area contributed by atoms with Gasteiger partial charge in [-0.2, -0.15) is 4.98 Å². The highest BCUT2D eigenvalue weighted by atomic mass is 16.5. The van der Waals surface area contributed by atoms with Crippen molar-refractivity contribution in [1.82, 2.24) is 25.0 Å². The molecule has 1 aliphatic heterocycles. The van der Waals surface area contributed by atoms with Gasteiger partial charge in [-0.1, -0.05) is 12.1 Å². The second-order valence-electron chi connectivity index (χ2n) is 5.13. The molecule has 2 atom stereocenters. The fourth-order valence-corrected chi connectivity index (χ4v) is 2.40. The van der Waals surface area contributed by atoms with Crippen LogP contribution in [0.3, 0.4) is 0 Å². The van der Waals surface area contributed by atoms with Crippen LogP contribution in [0.2, 0.25) is 0 Å². The van der Waals surface area contributed by atoms with Crippen LogP contribution in [-0.2, 0) is 11.2 Å². The van der Waals surface area contributed by atoms with E-state index in [2.05, 4.69) is 31.9 Å². The summed E-state index contributed by atoms with van der Waals surface area (Å²) in [5.41, 5.74) is 7.03. The van der Waals surface area contributed by atoms with Gasteiger partial charge in [0.05, 0.1) is 19.0 Å². The molecular weight excluding hydrogens is 272 g/mol. The molecule has 114 valence electrons. The lowest BCUT2D eigenvalue weighted by Crippen LogP contribution is -2.38. The minimum Gasteiger partial charge on any atom is -0.367 e. The second-order valence-corrected chi connectivity index (χ2v) is 5.13. The van der Waals surface area contributed by atoms with E-state index >= 15 is 0 Å². The van der Waals surface area contributed by atoms with Crippen LogP contribution in [0.25, 0.3) is 0 Å². The number of imidazole rings is 1. The Hall–Kier alpha value is -1.77. The van der Waals surface area contributed by atoms with E-state index in [1.54, 1.807) is 12.5 Å². The van der Waals surface area contributed by atoms with Crippen molar-refractivity contribution in [1.29, 1.82) is 0 Å². The molecule has 3 heterocycles. The summed E-state index contributed by atoms with van der Waals surface area (Å²) in [6.07, 6.45) is 3.79. The number of nitrogens with zero attached hydrogens (tertiary/aromatic N) is 4. The second kappa shape index (κ2) is 6.33. The molecule has 8 heteroatoms. The van der Waals surface area contributed by atoms with Crippen molar-refractivity contribution in [2.45, 2.75) is 25.5 Å². The number of likely N-dealkylation sites (N-methyl/N-ethyl adjacent to an activating group) is 1. The number of rotatable bonds is 5. The molecule has 1 aliphatic rings. The van der Waals surface area contributed by atoms with Crippen LogP contribution < -0.4 is 5.73 Å². The fraction of sp³-hybridized carbons (Fsp3) is 0.615. The van der Waals surface area contributed by atoms with Crippen molar-refractivity contribution in [2.24, 2.45) is 5.73 Å². The van der Waals surface area contributed by atoms with Gasteiger partial charge in [0, 0.05) is 31.4 Å². The Morgan fingerprint density at radius 2 is 2.48 bits per heavy atom. The van der Waals surface area contributed by atoms with Crippen LogP contribution in [0.1, 0.15) is 36.5 Å². The lowest BCUT2D eigenvalue weighted by Gasteiger charge is -2.30. The Morgan fingerprint density at radius 3 is 3.24 bits per heavy atom. The van der Waals surface area contributed by atoms with Crippen molar-refractivity contribution in [3.8, 4) is 0 Å². The Labute approximate surface area is 122 Å². The van der Waals surface area contributed by atoms with Crippen LogP contribution >= 0.6 is 0 Å². The van der Waals surface area contributed by atoms with E-state index in [0.717, 1.165) is 25.3 Å². The van der Waals surface area contributed by atoms with Crippen molar-refractivity contribution in [3.63, 3.8) is 0 Å². The standard InChI is InChI=1S/C13H20N6O2/c1-2-19-3-4-20-11(7-19)12-17-13(21-18-12)10(14)5-9-6-15-8-16-9/h6,8,10-11H,2-5,7,14H2,1H3,(H,15,16). The van der Waals surface area contributed by atoms with Gasteiger partial charge in [-0.15, -0.1) is 0 Å². The third kappa shape index (κ3) is 3.29. The monoisotopic (exact) mass is 292 g/mol. The molecule has 0 bridgehead atoms. The van der Waals surface area contributed by atoms with Crippen molar-refractivity contribution >= 4 is 0 Å². The zero-order valence-corrected chi connectivity index (χ0v) is 12.0. The molecule has 2 unspecified atom stereocenters. The predicted octanol–water partition coefficient (Wildman–Crippen LogP) is 0.428. The Bertz CT molecular complexity index is 555. The first-order chi connectivity index (χ1) is 10.3. The van der Waals surface area contributed by atoms with Crippen molar-refractivity contribution < 1.29 is 9.26 Å². The number of ether oxygens (including phenoxy) is 1. The molecule has 21 heavy (non-hydrogen) atoms. The lowest BCUT2D eigenvalue weighted by molar-refractivity contribution is -0.0334. The molecule has 1 fully saturated rings. The first kappa shape index (κ1) is 14.2. The highest BCUT2D eigenvalue weighted by Crippen LogP contribution is 2.21. The molecule has 0 aliphatic carbocycles. The average molecular weight is 292 g/mol. The van der Waals surface area contributed by atoms with Crippen LogP contribution in [0.5, 0.6) is 0 Å². The maximum absolute atomic E-state index is 6.09. The van der Waals surface area contributed by atoms with E-state index in [1.165, 1.54) is 0 Å². The molecule has 8 nitrogen and oxygen atoms in total. The van der Waals surface area contributed by atoms with Crippen molar-refractivity contribution in [2.75, 3.05) is 26.2 Å². The van der Waals surface area contributed by atoms with Gasteiger partial charge in [0.15, 0.2) is 0 Å². The lowest BCUT2D eigenvalue weighted by atomic mass is 10.2. The van der Waals surface area contributed by atoms with Gasteiger partial charge < -0.3 is 20.0 Å². The van der Waals surface area contributed by atoms with Crippen molar-refractivity contribution in [3.05, 3.63) is 29.9 Å². The van der Waals surface area contributed by atoms with Gasteiger partial charge in [0.25, 0.3) is 0 Å². The molecule has 3 rings (SSSR count). The van der Waals surface area contributed by atoms with E-state index in [-0.39, 0.29) is 12.1 Å². The number of nitrogens with two attached hydrogens (primary N) is 1. The minimum atomic E-state index is -0.349. The number of nitrogens with one attached hydrogen (secondary N) is 1. The molecule has 0 spiro atoms. The number of hydrogen-bond acceptors (Lipinski definition) is 7. The van der Waals surface area contributed by atoms with Crippen LogP contribution in [0.15, 0.2) is 17.0 Å². The molecular formula is C13H20N6O2. The van der Waals surface area contributed by atoms with E-state index < -0.39 is 0 Å². The smallest absolute Gasteiger partial charge is 0.244 e. The van der Waals surface area contributed by atoms with Gasteiger partial charge >= 0.3 is 0 Å². The zero-order valence-electron chi connectivity index (χ0n) is 12.0. The number of aromatic amines is 1. The normalized spacial score (nSPS) is 21.5. The van der Waals surface area contributed by atoms with Gasteiger partial charge in [0.2, 0.25) is 11.7 Å². The van der Waals surface area contributed by atoms with Gasteiger partial charge in [-0.3, -0.25) is 4.90 Å². The Morgan fingerprint density at radius 1 is 1.57 bits per heavy atom. The Balaban J connectivity index is 1.65. The van der Waals surface area contributed by atoms with E-state index in [4.69, 9.17) is 15.0 Å². The largest absolute Gasteiger partial charge is 0.367 e. The summed E-state index contributed by atoms with van der Waals surface area (Å²) in [6.45, 7) is 5.53. The minimum absolute atomic E-state index is 0.143. The van der Waals surface area contributed by atoms with Crippen LogP contribution in [0.4, 0.5) is 0 Å². The molecule has 3 N–H and O–H groups in total. The number of H-pyrrole nitrogens is 1. The maximum Gasteiger partial charge on any atom is 0.244 e. The number of aromatic nitrogens is 4. The molecule has 2 aromatic rings. The zero-order chi connectivity index (χ0) is 14.7. The van der Waals surface area contributed by atoms with Crippen LogP contribution in [-0.4, -0.2) is 51.2 Å². The summed E-state index contributed by atoms with van der Waals surface area (Å²) in [5.74, 6) is 1.00. The fourth-order valence-electron chi connectivity index (χ4n) is 2.40. The third-order valence-electron chi connectivity index (χ3n) is 3.66. The molecule has 0 aromatic carbocycles. The predicted molar refractivity (Wildman–Crippen MR) is 74.3 cm³/mol. The maximum atomic E-state index is 6.09. The van der Waals surface area contributed by atoms with E-state index in [0.29, 0.717) is 24.7 Å². The first-order valence-corrected chi connectivity index (χ1v) is 7.16. The molecule has 1 saturated heterocycles. The van der Waals surface area contributed by atoms with E-state index in [1.807, 2.05) is 0 Å². The SMILES string of the molecule is CCN1CCOC(c2noc(C(N)Cc3cnc[nH]3)n2)C1. The van der Waals surface area contributed by atoms with E-state index in [9.17, 15) is 0 Å². The third-order valence-corrected chi connectivity index (χ3v) is 3.66. The molecule has 0 amide bonds. The number of hydrogen-bond donors (Lipinski definition) is 2. The van der Waals surface area contributed by atoms with Crippen LogP contribution in [0, 0.1) is 0 Å². The highest BCUT2D eigenvalue weighted by Gasteiger charge is 2.26. The summed E-state index contributed by atoms with van der Waals surface area (Å²) in [7, 11) is 0. The highest BCUT2D eigenvalue weighted by molar-refractivity contribution is 5.03.